The Labute approximate surface area is 110 Å². The lowest BCUT2D eigenvalue weighted by molar-refractivity contribution is -0.146. The van der Waals surface area contributed by atoms with Crippen LogP contribution in [0.4, 0.5) is 0 Å². The molecule has 0 bridgehead atoms. The normalized spacial score (nSPS) is 14.4. The summed E-state index contributed by atoms with van der Waals surface area (Å²) < 4.78 is 0. The standard InChI is InChI=1S/C12H16N2O3S/c1-4-12(3,11(16)17)14-10(15)6-5-9-7-18-8(2)13-9/h5-7H,4H2,1-3H3,(H,14,15)(H,16,17). The highest BCUT2D eigenvalue weighted by atomic mass is 32.1. The molecular formula is C12H16N2O3S. The van der Waals surface area contributed by atoms with Crippen molar-refractivity contribution < 1.29 is 14.7 Å². The number of carbonyl (C=O) groups is 2. The van der Waals surface area contributed by atoms with E-state index in [-0.39, 0.29) is 0 Å². The van der Waals surface area contributed by atoms with Crippen molar-refractivity contribution in [2.24, 2.45) is 0 Å². The molecule has 1 aromatic rings. The summed E-state index contributed by atoms with van der Waals surface area (Å²) >= 11 is 1.49. The molecule has 0 aliphatic heterocycles. The molecule has 18 heavy (non-hydrogen) atoms. The van der Waals surface area contributed by atoms with E-state index in [1.165, 1.54) is 24.3 Å². The number of aromatic nitrogens is 1. The predicted octanol–water partition coefficient (Wildman–Crippen LogP) is 1.83. The predicted molar refractivity (Wildman–Crippen MR) is 70.4 cm³/mol. The molecule has 0 aliphatic carbocycles. The minimum absolute atomic E-state index is 0.317. The summed E-state index contributed by atoms with van der Waals surface area (Å²) in [5.74, 6) is -1.48. The Hall–Kier alpha value is -1.69. The maximum atomic E-state index is 11.6. The van der Waals surface area contributed by atoms with Crippen LogP contribution in [-0.2, 0) is 9.59 Å². The van der Waals surface area contributed by atoms with Crippen LogP contribution in [-0.4, -0.2) is 27.5 Å². The molecule has 0 radical (unpaired) electrons. The third kappa shape index (κ3) is 3.66. The largest absolute Gasteiger partial charge is 0.480 e. The zero-order chi connectivity index (χ0) is 13.8. The Balaban J connectivity index is 2.67. The van der Waals surface area contributed by atoms with E-state index in [0.717, 1.165) is 5.01 Å². The number of aryl methyl sites for hydroxylation is 1. The van der Waals surface area contributed by atoms with Gasteiger partial charge in [-0.25, -0.2) is 9.78 Å². The minimum atomic E-state index is -1.24. The molecule has 1 atom stereocenters. The van der Waals surface area contributed by atoms with Crippen LogP contribution in [0.1, 0.15) is 31.0 Å². The van der Waals surface area contributed by atoms with Crippen molar-refractivity contribution in [3.63, 3.8) is 0 Å². The van der Waals surface area contributed by atoms with E-state index in [9.17, 15) is 9.59 Å². The molecule has 5 nitrogen and oxygen atoms in total. The lowest BCUT2D eigenvalue weighted by Gasteiger charge is -2.23. The number of carboxylic acid groups (broad SMARTS) is 1. The molecule has 0 saturated heterocycles. The van der Waals surface area contributed by atoms with Crippen molar-refractivity contribution in [1.29, 1.82) is 0 Å². The van der Waals surface area contributed by atoms with Crippen molar-refractivity contribution in [2.45, 2.75) is 32.7 Å². The molecule has 0 saturated carbocycles. The van der Waals surface area contributed by atoms with E-state index in [1.807, 2.05) is 12.3 Å². The summed E-state index contributed by atoms with van der Waals surface area (Å²) in [6.45, 7) is 5.07. The van der Waals surface area contributed by atoms with Crippen molar-refractivity contribution in [3.05, 3.63) is 22.2 Å². The molecule has 1 amide bonds. The third-order valence-corrected chi connectivity index (χ3v) is 3.41. The zero-order valence-electron chi connectivity index (χ0n) is 10.6. The van der Waals surface area contributed by atoms with Gasteiger partial charge in [-0.2, -0.15) is 0 Å². The van der Waals surface area contributed by atoms with E-state index >= 15 is 0 Å². The van der Waals surface area contributed by atoms with Gasteiger partial charge >= 0.3 is 5.97 Å². The van der Waals surface area contributed by atoms with E-state index in [4.69, 9.17) is 5.11 Å². The second-order valence-corrected chi connectivity index (χ2v) is 5.17. The average molecular weight is 268 g/mol. The summed E-state index contributed by atoms with van der Waals surface area (Å²) in [6.07, 6.45) is 3.18. The molecule has 1 aromatic heterocycles. The number of thiazole rings is 1. The highest BCUT2D eigenvalue weighted by Gasteiger charge is 2.31. The molecule has 98 valence electrons. The second kappa shape index (κ2) is 5.77. The smallest absolute Gasteiger partial charge is 0.329 e. The Morgan fingerprint density at radius 3 is 2.72 bits per heavy atom. The van der Waals surface area contributed by atoms with Gasteiger partial charge in [-0.05, 0) is 26.3 Å². The van der Waals surface area contributed by atoms with Gasteiger partial charge < -0.3 is 10.4 Å². The van der Waals surface area contributed by atoms with E-state index in [1.54, 1.807) is 13.0 Å². The van der Waals surface area contributed by atoms with Crippen LogP contribution in [0.15, 0.2) is 11.5 Å². The van der Waals surface area contributed by atoms with Crippen LogP contribution in [0.25, 0.3) is 6.08 Å². The fraction of sp³-hybridized carbons (Fsp3) is 0.417. The highest BCUT2D eigenvalue weighted by molar-refractivity contribution is 7.09. The van der Waals surface area contributed by atoms with Crippen LogP contribution >= 0.6 is 11.3 Å². The van der Waals surface area contributed by atoms with E-state index in [0.29, 0.717) is 12.1 Å². The van der Waals surface area contributed by atoms with Crippen LogP contribution < -0.4 is 5.32 Å². The van der Waals surface area contributed by atoms with Crippen LogP contribution in [0.5, 0.6) is 0 Å². The Morgan fingerprint density at radius 1 is 1.61 bits per heavy atom. The lowest BCUT2D eigenvalue weighted by Crippen LogP contribution is -2.51. The lowest BCUT2D eigenvalue weighted by atomic mass is 9.99. The fourth-order valence-electron chi connectivity index (χ4n) is 1.22. The number of nitrogens with zero attached hydrogens (tertiary/aromatic N) is 1. The van der Waals surface area contributed by atoms with Crippen LogP contribution in [0, 0.1) is 6.92 Å². The minimum Gasteiger partial charge on any atom is -0.480 e. The van der Waals surface area contributed by atoms with Gasteiger partial charge in [0.1, 0.15) is 5.54 Å². The van der Waals surface area contributed by atoms with Crippen LogP contribution in [0.3, 0.4) is 0 Å². The molecule has 0 aliphatic rings. The maximum absolute atomic E-state index is 11.6. The van der Waals surface area contributed by atoms with Crippen molar-refractivity contribution in [3.8, 4) is 0 Å². The summed E-state index contributed by atoms with van der Waals surface area (Å²) in [5.41, 5.74) is -0.541. The monoisotopic (exact) mass is 268 g/mol. The first-order valence-corrected chi connectivity index (χ1v) is 6.41. The van der Waals surface area contributed by atoms with Gasteiger partial charge in [0.15, 0.2) is 0 Å². The molecule has 6 heteroatoms. The SMILES string of the molecule is CCC(C)(NC(=O)C=Cc1csc(C)n1)C(=O)O. The van der Waals surface area contributed by atoms with Crippen molar-refractivity contribution in [1.82, 2.24) is 10.3 Å². The van der Waals surface area contributed by atoms with Gasteiger partial charge in [-0.3, -0.25) is 4.79 Å². The molecule has 0 spiro atoms. The fourth-order valence-corrected chi connectivity index (χ4v) is 1.81. The summed E-state index contributed by atoms with van der Waals surface area (Å²) in [7, 11) is 0. The first-order chi connectivity index (χ1) is 8.37. The van der Waals surface area contributed by atoms with Gasteiger partial charge in [0.2, 0.25) is 5.91 Å². The molecule has 1 heterocycles. The number of rotatable bonds is 5. The number of carboxylic acids is 1. The molecule has 1 rings (SSSR count). The van der Waals surface area contributed by atoms with E-state index in [2.05, 4.69) is 10.3 Å². The van der Waals surface area contributed by atoms with Crippen molar-refractivity contribution >= 4 is 29.3 Å². The number of nitrogens with one attached hydrogen (secondary N) is 1. The van der Waals surface area contributed by atoms with E-state index < -0.39 is 17.4 Å². The number of amides is 1. The molecule has 1 unspecified atom stereocenters. The molecule has 2 N–H and O–H groups in total. The average Bonchev–Trinajstić information content (AvgIpc) is 2.72. The first kappa shape index (κ1) is 14.4. The third-order valence-electron chi connectivity index (χ3n) is 2.62. The number of hydrogen-bond acceptors (Lipinski definition) is 4. The topological polar surface area (TPSA) is 79.3 Å². The maximum Gasteiger partial charge on any atom is 0.329 e. The Morgan fingerprint density at radius 2 is 2.28 bits per heavy atom. The summed E-state index contributed by atoms with van der Waals surface area (Å²) in [5, 5.41) is 14.2. The van der Waals surface area contributed by atoms with Gasteiger partial charge in [0, 0.05) is 11.5 Å². The summed E-state index contributed by atoms with van der Waals surface area (Å²) in [4.78, 5) is 26.8. The number of hydrogen-bond donors (Lipinski definition) is 2. The summed E-state index contributed by atoms with van der Waals surface area (Å²) in [6, 6.07) is 0. The number of aliphatic carboxylic acids is 1. The quantitative estimate of drug-likeness (QED) is 0.798. The molecule has 0 aromatic carbocycles. The zero-order valence-corrected chi connectivity index (χ0v) is 11.4. The van der Waals surface area contributed by atoms with Gasteiger partial charge in [0.05, 0.1) is 10.7 Å². The number of carbonyl (C=O) groups excluding carboxylic acids is 1. The molecule has 0 fully saturated rings. The first-order valence-electron chi connectivity index (χ1n) is 5.53. The highest BCUT2D eigenvalue weighted by Crippen LogP contribution is 2.11. The second-order valence-electron chi connectivity index (χ2n) is 4.10. The molecular weight excluding hydrogens is 252 g/mol. The van der Waals surface area contributed by atoms with Gasteiger partial charge in [0.25, 0.3) is 0 Å². The Bertz CT molecular complexity index is 481. The van der Waals surface area contributed by atoms with Crippen LogP contribution in [0.2, 0.25) is 0 Å². The van der Waals surface area contributed by atoms with Gasteiger partial charge in [-0.1, -0.05) is 6.92 Å². The van der Waals surface area contributed by atoms with Crippen molar-refractivity contribution in [2.75, 3.05) is 0 Å². The Kier molecular flexibility index (Phi) is 4.61. The van der Waals surface area contributed by atoms with Gasteiger partial charge in [-0.15, -0.1) is 11.3 Å².